The molecule has 0 saturated heterocycles. The van der Waals surface area contributed by atoms with Crippen molar-refractivity contribution < 1.29 is 8.42 Å². The third-order valence-corrected chi connectivity index (χ3v) is 5.77. The zero-order chi connectivity index (χ0) is 15.0. The van der Waals surface area contributed by atoms with Crippen LogP contribution in [0, 0.1) is 0 Å². The molecular weight excluding hydrogens is 308 g/mol. The van der Waals surface area contributed by atoms with Crippen LogP contribution in [0.25, 0.3) is 0 Å². The van der Waals surface area contributed by atoms with E-state index in [-0.39, 0.29) is 4.90 Å². The summed E-state index contributed by atoms with van der Waals surface area (Å²) >= 11 is 1.33. The number of hydrogen-bond acceptors (Lipinski definition) is 5. The SMILES string of the molecule is CCn1cc(S(=O)(=O)Nc2nc(C3CC3)cs2)cc1CN. The topological polar surface area (TPSA) is 90.0 Å². The van der Waals surface area contributed by atoms with Crippen LogP contribution in [0.5, 0.6) is 0 Å². The van der Waals surface area contributed by atoms with Crippen LogP contribution in [0.2, 0.25) is 0 Å². The molecule has 2 heterocycles. The minimum absolute atomic E-state index is 0.230. The molecule has 0 spiro atoms. The summed E-state index contributed by atoms with van der Waals surface area (Å²) in [4.78, 5) is 4.58. The van der Waals surface area contributed by atoms with Crippen molar-refractivity contribution in [3.8, 4) is 0 Å². The van der Waals surface area contributed by atoms with Gasteiger partial charge in [0.1, 0.15) is 4.90 Å². The van der Waals surface area contributed by atoms with Crippen molar-refractivity contribution >= 4 is 26.5 Å². The first-order chi connectivity index (χ1) is 10.0. The summed E-state index contributed by atoms with van der Waals surface area (Å²) in [6.45, 7) is 2.95. The molecule has 1 aliphatic carbocycles. The third-order valence-electron chi connectivity index (χ3n) is 3.56. The minimum Gasteiger partial charge on any atom is -0.349 e. The number of aromatic nitrogens is 2. The predicted octanol–water partition coefficient (Wildman–Crippen LogP) is 2.10. The highest BCUT2D eigenvalue weighted by atomic mass is 32.2. The lowest BCUT2D eigenvalue weighted by Crippen LogP contribution is -2.12. The third kappa shape index (κ3) is 2.97. The number of nitrogens with two attached hydrogens (primary N) is 1. The van der Waals surface area contributed by atoms with Gasteiger partial charge in [0, 0.05) is 36.3 Å². The van der Waals surface area contributed by atoms with Crippen LogP contribution >= 0.6 is 11.3 Å². The molecular formula is C13H18N4O2S2. The van der Waals surface area contributed by atoms with E-state index in [9.17, 15) is 8.42 Å². The van der Waals surface area contributed by atoms with Crippen molar-refractivity contribution in [3.05, 3.63) is 29.0 Å². The molecule has 0 atom stereocenters. The van der Waals surface area contributed by atoms with Crippen LogP contribution in [-0.4, -0.2) is 18.0 Å². The minimum atomic E-state index is -3.61. The summed E-state index contributed by atoms with van der Waals surface area (Å²) in [5.41, 5.74) is 7.43. The molecule has 114 valence electrons. The van der Waals surface area contributed by atoms with Crippen molar-refractivity contribution in [3.63, 3.8) is 0 Å². The van der Waals surface area contributed by atoms with Crippen molar-refractivity contribution in [2.75, 3.05) is 4.72 Å². The average molecular weight is 326 g/mol. The van der Waals surface area contributed by atoms with Gasteiger partial charge in [0.25, 0.3) is 10.0 Å². The average Bonchev–Trinajstić information content (AvgIpc) is 3.05. The Morgan fingerprint density at radius 3 is 2.86 bits per heavy atom. The zero-order valence-electron chi connectivity index (χ0n) is 11.7. The summed E-state index contributed by atoms with van der Waals surface area (Å²) < 4.78 is 29.2. The van der Waals surface area contributed by atoms with E-state index >= 15 is 0 Å². The van der Waals surface area contributed by atoms with Gasteiger partial charge in [-0.3, -0.25) is 4.72 Å². The maximum Gasteiger partial charge on any atom is 0.265 e. The zero-order valence-corrected chi connectivity index (χ0v) is 13.4. The van der Waals surface area contributed by atoms with Gasteiger partial charge in [-0.05, 0) is 25.8 Å². The van der Waals surface area contributed by atoms with E-state index in [1.807, 2.05) is 16.9 Å². The van der Waals surface area contributed by atoms with Gasteiger partial charge >= 0.3 is 0 Å². The standard InChI is InChI=1S/C13H18N4O2S2/c1-2-17-7-11(5-10(17)6-14)21(18,19)16-13-15-12(8-20-13)9-3-4-9/h5,7-9H,2-4,6,14H2,1H3,(H,15,16). The molecule has 0 aliphatic heterocycles. The van der Waals surface area contributed by atoms with E-state index in [2.05, 4.69) is 9.71 Å². The lowest BCUT2D eigenvalue weighted by molar-refractivity contribution is 0.600. The van der Waals surface area contributed by atoms with Gasteiger partial charge in [0.2, 0.25) is 0 Å². The monoisotopic (exact) mass is 326 g/mol. The number of hydrogen-bond donors (Lipinski definition) is 2. The molecule has 1 fully saturated rings. The molecule has 0 aromatic carbocycles. The smallest absolute Gasteiger partial charge is 0.265 e. The fraction of sp³-hybridized carbons (Fsp3) is 0.462. The van der Waals surface area contributed by atoms with Crippen LogP contribution < -0.4 is 10.5 Å². The van der Waals surface area contributed by atoms with Gasteiger partial charge in [-0.25, -0.2) is 13.4 Å². The largest absolute Gasteiger partial charge is 0.349 e. The molecule has 2 aromatic rings. The molecule has 8 heteroatoms. The first kappa shape index (κ1) is 14.6. The molecule has 1 saturated carbocycles. The van der Waals surface area contributed by atoms with Crippen molar-refractivity contribution in [1.29, 1.82) is 0 Å². The van der Waals surface area contributed by atoms with E-state index in [1.165, 1.54) is 11.3 Å². The highest BCUT2D eigenvalue weighted by molar-refractivity contribution is 7.93. The van der Waals surface area contributed by atoms with E-state index in [0.29, 0.717) is 24.1 Å². The van der Waals surface area contributed by atoms with Crippen LogP contribution in [0.15, 0.2) is 22.5 Å². The van der Waals surface area contributed by atoms with Gasteiger partial charge in [0.05, 0.1) is 5.69 Å². The molecule has 21 heavy (non-hydrogen) atoms. The second-order valence-electron chi connectivity index (χ2n) is 5.11. The van der Waals surface area contributed by atoms with Crippen molar-refractivity contribution in [2.45, 2.75) is 43.7 Å². The number of rotatable bonds is 6. The van der Waals surface area contributed by atoms with Crippen molar-refractivity contribution in [1.82, 2.24) is 9.55 Å². The summed E-state index contributed by atoms with van der Waals surface area (Å²) in [6, 6.07) is 1.61. The predicted molar refractivity (Wildman–Crippen MR) is 82.9 cm³/mol. The number of anilines is 1. The molecule has 2 aromatic heterocycles. The Labute approximate surface area is 128 Å². The van der Waals surface area contributed by atoms with Gasteiger partial charge in [-0.15, -0.1) is 11.3 Å². The molecule has 3 N–H and O–H groups in total. The maximum atomic E-state index is 12.4. The Morgan fingerprint density at radius 1 is 1.52 bits per heavy atom. The molecule has 1 aliphatic rings. The highest BCUT2D eigenvalue weighted by Gasteiger charge is 2.27. The highest BCUT2D eigenvalue weighted by Crippen LogP contribution is 2.41. The molecule has 6 nitrogen and oxygen atoms in total. The van der Waals surface area contributed by atoms with Gasteiger partial charge in [-0.2, -0.15) is 0 Å². The van der Waals surface area contributed by atoms with Gasteiger partial charge in [-0.1, -0.05) is 0 Å². The summed E-state index contributed by atoms with van der Waals surface area (Å²) in [6.07, 6.45) is 3.91. The quantitative estimate of drug-likeness (QED) is 0.850. The lowest BCUT2D eigenvalue weighted by atomic mass is 10.3. The van der Waals surface area contributed by atoms with Crippen LogP contribution in [0.1, 0.15) is 37.1 Å². The Balaban J connectivity index is 1.83. The van der Waals surface area contributed by atoms with E-state index in [1.54, 1.807) is 12.3 Å². The Morgan fingerprint density at radius 2 is 2.29 bits per heavy atom. The van der Waals surface area contributed by atoms with Crippen LogP contribution in [-0.2, 0) is 23.1 Å². The molecule has 3 rings (SSSR count). The first-order valence-electron chi connectivity index (χ1n) is 6.91. The summed E-state index contributed by atoms with van der Waals surface area (Å²) in [7, 11) is -3.61. The normalized spacial score (nSPS) is 15.3. The van der Waals surface area contributed by atoms with E-state index < -0.39 is 10.0 Å². The molecule has 0 bridgehead atoms. The number of nitrogens with zero attached hydrogens (tertiary/aromatic N) is 2. The first-order valence-corrected chi connectivity index (χ1v) is 9.27. The van der Waals surface area contributed by atoms with E-state index in [0.717, 1.165) is 24.2 Å². The van der Waals surface area contributed by atoms with Crippen LogP contribution in [0.4, 0.5) is 5.13 Å². The van der Waals surface area contributed by atoms with Crippen molar-refractivity contribution in [2.24, 2.45) is 5.73 Å². The number of thiazole rings is 1. The fourth-order valence-corrected chi connectivity index (χ4v) is 4.32. The Bertz CT molecular complexity index is 723. The number of aryl methyl sites for hydroxylation is 1. The lowest BCUT2D eigenvalue weighted by Gasteiger charge is -2.02. The van der Waals surface area contributed by atoms with Crippen LogP contribution in [0.3, 0.4) is 0 Å². The van der Waals surface area contributed by atoms with Gasteiger partial charge in [0.15, 0.2) is 5.13 Å². The van der Waals surface area contributed by atoms with Gasteiger partial charge < -0.3 is 10.3 Å². The molecule has 0 amide bonds. The Hall–Kier alpha value is -1.38. The molecule has 0 radical (unpaired) electrons. The second-order valence-corrected chi connectivity index (χ2v) is 7.66. The number of sulfonamides is 1. The second kappa shape index (κ2) is 5.43. The number of nitrogens with one attached hydrogen (secondary N) is 1. The molecule has 0 unspecified atom stereocenters. The summed E-state index contributed by atoms with van der Waals surface area (Å²) in [5, 5.41) is 2.35. The fourth-order valence-electron chi connectivity index (χ4n) is 2.21. The Kier molecular flexibility index (Phi) is 3.76. The van der Waals surface area contributed by atoms with E-state index in [4.69, 9.17) is 5.73 Å². The summed E-state index contributed by atoms with van der Waals surface area (Å²) in [5.74, 6) is 0.518. The maximum absolute atomic E-state index is 12.4.